The number of benzene rings is 2. The van der Waals surface area contributed by atoms with Gasteiger partial charge < -0.3 is 4.90 Å². The average Bonchev–Trinajstić information content (AvgIpc) is 2.75. The van der Waals surface area contributed by atoms with Crippen LogP contribution in [-0.2, 0) is 6.54 Å². The SMILES string of the molecule is Cc1cccc(C=NCc2cc(N3CCSCC3)nc(-c3ccccc3)n2)c1. The first-order valence-electron chi connectivity index (χ1n) is 9.60. The topological polar surface area (TPSA) is 41.4 Å². The van der Waals surface area contributed by atoms with E-state index in [4.69, 9.17) is 9.97 Å². The highest BCUT2D eigenvalue weighted by atomic mass is 32.2. The molecule has 0 radical (unpaired) electrons. The highest BCUT2D eigenvalue weighted by Crippen LogP contribution is 2.23. The number of nitrogens with zero attached hydrogens (tertiary/aromatic N) is 4. The van der Waals surface area contributed by atoms with Crippen molar-refractivity contribution in [3.8, 4) is 11.4 Å². The molecule has 0 aliphatic carbocycles. The Bertz CT molecular complexity index is 950. The summed E-state index contributed by atoms with van der Waals surface area (Å²) in [6.07, 6.45) is 1.93. The fraction of sp³-hybridized carbons (Fsp3) is 0.261. The zero-order chi connectivity index (χ0) is 19.2. The largest absolute Gasteiger partial charge is 0.355 e. The maximum Gasteiger partial charge on any atom is 0.161 e. The molecule has 0 bridgehead atoms. The lowest BCUT2D eigenvalue weighted by Gasteiger charge is -2.27. The van der Waals surface area contributed by atoms with Gasteiger partial charge in [-0.15, -0.1) is 0 Å². The van der Waals surface area contributed by atoms with Crippen LogP contribution in [0.5, 0.6) is 0 Å². The number of hydrogen-bond donors (Lipinski definition) is 0. The zero-order valence-corrected chi connectivity index (χ0v) is 16.9. The number of anilines is 1. The van der Waals surface area contributed by atoms with Crippen LogP contribution in [-0.4, -0.2) is 40.8 Å². The Hall–Kier alpha value is -2.66. The molecule has 0 unspecified atom stereocenters. The molecular formula is C23H24N4S. The molecule has 0 amide bonds. The van der Waals surface area contributed by atoms with E-state index < -0.39 is 0 Å². The maximum absolute atomic E-state index is 4.86. The van der Waals surface area contributed by atoms with Crippen molar-refractivity contribution in [3.63, 3.8) is 0 Å². The minimum Gasteiger partial charge on any atom is -0.355 e. The maximum atomic E-state index is 4.86. The van der Waals surface area contributed by atoms with Crippen LogP contribution in [0.1, 0.15) is 16.8 Å². The normalized spacial score (nSPS) is 14.5. The predicted octanol–water partition coefficient (Wildman–Crippen LogP) is 4.62. The van der Waals surface area contributed by atoms with Crippen LogP contribution in [0.4, 0.5) is 5.82 Å². The van der Waals surface area contributed by atoms with E-state index in [1.165, 1.54) is 5.56 Å². The summed E-state index contributed by atoms with van der Waals surface area (Å²) < 4.78 is 0. The smallest absolute Gasteiger partial charge is 0.161 e. The number of aryl methyl sites for hydroxylation is 1. The van der Waals surface area contributed by atoms with Gasteiger partial charge >= 0.3 is 0 Å². The van der Waals surface area contributed by atoms with Crippen LogP contribution in [0.15, 0.2) is 65.7 Å². The molecule has 4 nitrogen and oxygen atoms in total. The van der Waals surface area contributed by atoms with Crippen molar-refractivity contribution >= 4 is 23.8 Å². The highest BCUT2D eigenvalue weighted by Gasteiger charge is 2.15. The van der Waals surface area contributed by atoms with Crippen molar-refractivity contribution in [1.29, 1.82) is 0 Å². The summed E-state index contributed by atoms with van der Waals surface area (Å²) in [4.78, 5) is 16.6. The Labute approximate surface area is 170 Å². The van der Waals surface area contributed by atoms with Gasteiger partial charge in [-0.05, 0) is 12.5 Å². The Morgan fingerprint density at radius 1 is 1.00 bits per heavy atom. The molecule has 3 aromatic rings. The Kier molecular flexibility index (Phi) is 6.02. The summed E-state index contributed by atoms with van der Waals surface area (Å²) >= 11 is 2.00. The first-order chi connectivity index (χ1) is 13.8. The lowest BCUT2D eigenvalue weighted by atomic mass is 10.1. The van der Waals surface area contributed by atoms with Gasteiger partial charge in [0, 0.05) is 42.4 Å². The summed E-state index contributed by atoms with van der Waals surface area (Å²) in [7, 11) is 0. The number of aliphatic imine (C=N–C) groups is 1. The summed E-state index contributed by atoms with van der Waals surface area (Å²) in [6, 6.07) is 20.6. The second-order valence-electron chi connectivity index (χ2n) is 6.89. The number of thioether (sulfide) groups is 1. The first kappa shape index (κ1) is 18.7. The molecule has 0 spiro atoms. The van der Waals surface area contributed by atoms with Crippen molar-refractivity contribution in [1.82, 2.24) is 9.97 Å². The zero-order valence-electron chi connectivity index (χ0n) is 16.1. The van der Waals surface area contributed by atoms with E-state index >= 15 is 0 Å². The molecule has 2 aromatic carbocycles. The molecule has 1 saturated heterocycles. The second-order valence-corrected chi connectivity index (χ2v) is 8.12. The Morgan fingerprint density at radius 2 is 1.82 bits per heavy atom. The quantitative estimate of drug-likeness (QED) is 0.598. The van der Waals surface area contributed by atoms with Crippen LogP contribution in [0.3, 0.4) is 0 Å². The van der Waals surface area contributed by atoms with Crippen molar-refractivity contribution in [2.24, 2.45) is 4.99 Å². The van der Waals surface area contributed by atoms with Crippen LogP contribution in [0, 0.1) is 6.92 Å². The molecule has 2 heterocycles. The van der Waals surface area contributed by atoms with Gasteiger partial charge in [-0.25, -0.2) is 9.97 Å². The van der Waals surface area contributed by atoms with E-state index in [-0.39, 0.29) is 0 Å². The molecule has 0 saturated carbocycles. The monoisotopic (exact) mass is 388 g/mol. The molecule has 4 rings (SSSR count). The lowest BCUT2D eigenvalue weighted by Crippen LogP contribution is -2.33. The van der Waals surface area contributed by atoms with Crippen molar-refractivity contribution in [2.75, 3.05) is 29.5 Å². The summed E-state index contributed by atoms with van der Waals surface area (Å²) in [5, 5.41) is 0. The predicted molar refractivity (Wildman–Crippen MR) is 119 cm³/mol. The second kappa shape index (κ2) is 9.02. The van der Waals surface area contributed by atoms with E-state index in [1.807, 2.05) is 36.2 Å². The van der Waals surface area contributed by atoms with Crippen molar-refractivity contribution in [3.05, 3.63) is 77.5 Å². The van der Waals surface area contributed by atoms with Gasteiger partial charge in [0.2, 0.25) is 0 Å². The molecule has 1 aromatic heterocycles. The van der Waals surface area contributed by atoms with Gasteiger partial charge in [0.05, 0.1) is 12.2 Å². The third-order valence-corrected chi connectivity index (χ3v) is 5.61. The summed E-state index contributed by atoms with van der Waals surface area (Å²) in [5.74, 6) is 4.07. The van der Waals surface area contributed by atoms with Gasteiger partial charge in [-0.2, -0.15) is 11.8 Å². The molecular weight excluding hydrogens is 364 g/mol. The summed E-state index contributed by atoms with van der Waals surface area (Å²) in [5.41, 5.74) is 4.35. The minimum absolute atomic E-state index is 0.548. The molecule has 1 aliphatic heterocycles. The Balaban J connectivity index is 1.61. The number of hydrogen-bond acceptors (Lipinski definition) is 5. The third kappa shape index (κ3) is 4.78. The van der Waals surface area contributed by atoms with Crippen LogP contribution in [0.25, 0.3) is 11.4 Å². The molecule has 5 heteroatoms. The van der Waals surface area contributed by atoms with Gasteiger partial charge in [0.25, 0.3) is 0 Å². The van der Waals surface area contributed by atoms with E-state index in [1.54, 1.807) is 0 Å². The molecule has 142 valence electrons. The number of rotatable bonds is 5. The van der Waals surface area contributed by atoms with Gasteiger partial charge in [0.1, 0.15) is 5.82 Å². The molecule has 1 fully saturated rings. The van der Waals surface area contributed by atoms with Gasteiger partial charge in [0.15, 0.2) is 5.82 Å². The summed E-state index contributed by atoms with van der Waals surface area (Å²) in [6.45, 7) is 4.70. The third-order valence-electron chi connectivity index (χ3n) is 4.67. The lowest BCUT2D eigenvalue weighted by molar-refractivity contribution is 0.829. The standard InChI is InChI=1S/C23H24N4S/c1-18-6-5-7-19(14-18)16-24-17-21-15-22(27-10-12-28-13-11-27)26-23(25-21)20-8-3-2-4-9-20/h2-9,14-16H,10-13,17H2,1H3. The molecule has 1 aliphatic rings. The van der Waals surface area contributed by atoms with Gasteiger partial charge in [-0.1, -0.05) is 60.2 Å². The van der Waals surface area contributed by atoms with Crippen molar-refractivity contribution < 1.29 is 0 Å². The van der Waals surface area contributed by atoms with E-state index in [0.29, 0.717) is 6.54 Å². The van der Waals surface area contributed by atoms with Gasteiger partial charge in [-0.3, -0.25) is 4.99 Å². The van der Waals surface area contributed by atoms with Crippen molar-refractivity contribution in [2.45, 2.75) is 13.5 Å². The minimum atomic E-state index is 0.548. The number of aromatic nitrogens is 2. The average molecular weight is 389 g/mol. The van der Waals surface area contributed by atoms with E-state index in [0.717, 1.165) is 53.1 Å². The van der Waals surface area contributed by atoms with Crippen LogP contribution < -0.4 is 4.90 Å². The molecule has 28 heavy (non-hydrogen) atoms. The van der Waals surface area contributed by atoms with Crippen LogP contribution >= 0.6 is 11.8 Å². The fourth-order valence-corrected chi connectivity index (χ4v) is 4.13. The Morgan fingerprint density at radius 3 is 2.61 bits per heavy atom. The van der Waals surface area contributed by atoms with E-state index in [2.05, 4.69) is 59.3 Å². The fourth-order valence-electron chi connectivity index (χ4n) is 3.23. The van der Waals surface area contributed by atoms with Crippen LogP contribution in [0.2, 0.25) is 0 Å². The molecule has 0 atom stereocenters. The first-order valence-corrected chi connectivity index (χ1v) is 10.8. The highest BCUT2D eigenvalue weighted by molar-refractivity contribution is 7.99. The molecule has 0 N–H and O–H groups in total. The van der Waals surface area contributed by atoms with E-state index in [9.17, 15) is 0 Å².